The Hall–Kier alpha value is -2.50. The molecule has 0 aliphatic carbocycles. The highest BCUT2D eigenvalue weighted by molar-refractivity contribution is 5.78. The molecule has 0 saturated carbocycles. The number of benzene rings is 1. The van der Waals surface area contributed by atoms with Gasteiger partial charge in [-0.05, 0) is 12.1 Å². The minimum Gasteiger partial charge on any atom is -0.493 e. The molecule has 0 N–H and O–H groups in total. The van der Waals surface area contributed by atoms with E-state index in [-0.39, 0.29) is 6.61 Å². The molecule has 0 atom stereocenters. The zero-order chi connectivity index (χ0) is 13.7. The Bertz CT molecular complexity index is 525. The first kappa shape index (κ1) is 12.9. The Balaban J connectivity index is 2.28. The van der Waals surface area contributed by atoms with Gasteiger partial charge >= 0.3 is 0 Å². The van der Waals surface area contributed by atoms with Crippen molar-refractivity contribution in [1.29, 1.82) is 0 Å². The number of ether oxygens (including phenoxy) is 3. The van der Waals surface area contributed by atoms with Gasteiger partial charge in [-0.1, -0.05) is 5.16 Å². The van der Waals surface area contributed by atoms with Gasteiger partial charge in [-0.15, -0.1) is 0 Å². The van der Waals surface area contributed by atoms with Crippen LogP contribution in [0.2, 0.25) is 0 Å². The molecule has 0 saturated heterocycles. The van der Waals surface area contributed by atoms with Gasteiger partial charge in [0.25, 0.3) is 0 Å². The molecule has 0 aliphatic rings. The molecule has 6 nitrogen and oxygen atoms in total. The van der Waals surface area contributed by atoms with Crippen molar-refractivity contribution >= 4 is 6.29 Å². The summed E-state index contributed by atoms with van der Waals surface area (Å²) < 4.78 is 20.9. The van der Waals surface area contributed by atoms with Crippen LogP contribution in [0.3, 0.4) is 0 Å². The van der Waals surface area contributed by atoms with Crippen LogP contribution in [0.5, 0.6) is 17.2 Å². The second-order valence-corrected chi connectivity index (χ2v) is 3.64. The van der Waals surface area contributed by atoms with E-state index in [1.807, 2.05) is 0 Å². The third-order valence-corrected chi connectivity index (χ3v) is 2.47. The summed E-state index contributed by atoms with van der Waals surface area (Å²) in [6.07, 6.45) is 2.24. The van der Waals surface area contributed by atoms with Gasteiger partial charge in [-0.25, -0.2) is 0 Å². The van der Waals surface area contributed by atoms with Crippen LogP contribution in [-0.4, -0.2) is 25.7 Å². The summed E-state index contributed by atoms with van der Waals surface area (Å²) in [6, 6.07) is 4.84. The van der Waals surface area contributed by atoms with Crippen LogP contribution < -0.4 is 14.2 Å². The van der Waals surface area contributed by atoms with Crippen molar-refractivity contribution in [2.75, 3.05) is 14.2 Å². The van der Waals surface area contributed by atoms with Crippen molar-refractivity contribution in [2.45, 2.75) is 6.61 Å². The van der Waals surface area contributed by atoms with Gasteiger partial charge in [0.1, 0.15) is 12.9 Å². The quantitative estimate of drug-likeness (QED) is 0.743. The minimum atomic E-state index is 0.188. The second-order valence-electron chi connectivity index (χ2n) is 3.64. The summed E-state index contributed by atoms with van der Waals surface area (Å²) in [5.74, 6) is 1.82. The summed E-state index contributed by atoms with van der Waals surface area (Å²) in [4.78, 5) is 10.8. The van der Waals surface area contributed by atoms with Crippen LogP contribution >= 0.6 is 0 Å². The molecule has 0 amide bonds. The van der Waals surface area contributed by atoms with Crippen molar-refractivity contribution < 1.29 is 23.5 Å². The van der Waals surface area contributed by atoms with Gasteiger partial charge in [-0.3, -0.25) is 4.79 Å². The molecule has 0 spiro atoms. The fraction of sp³-hybridized carbons (Fsp3) is 0.231. The minimum absolute atomic E-state index is 0.188. The standard InChI is InChI=1S/C13H13NO5/c1-16-11-5-9(7-15)6-12(17-2)13(11)18-8-10-3-4-14-19-10/h3-7H,8H2,1-2H3. The molecule has 2 aromatic rings. The predicted molar refractivity (Wildman–Crippen MR) is 65.8 cm³/mol. The zero-order valence-corrected chi connectivity index (χ0v) is 10.6. The van der Waals surface area contributed by atoms with E-state index in [2.05, 4.69) is 5.16 Å². The van der Waals surface area contributed by atoms with E-state index < -0.39 is 0 Å². The van der Waals surface area contributed by atoms with Crippen molar-refractivity contribution in [2.24, 2.45) is 0 Å². The first-order valence-corrected chi connectivity index (χ1v) is 5.52. The number of hydrogen-bond acceptors (Lipinski definition) is 6. The lowest BCUT2D eigenvalue weighted by atomic mass is 10.2. The van der Waals surface area contributed by atoms with Crippen LogP contribution in [0.1, 0.15) is 16.1 Å². The molecule has 1 aromatic carbocycles. The number of carbonyl (C=O) groups excluding carboxylic acids is 1. The molecule has 1 aromatic heterocycles. The average molecular weight is 263 g/mol. The third kappa shape index (κ3) is 2.85. The van der Waals surface area contributed by atoms with E-state index >= 15 is 0 Å². The van der Waals surface area contributed by atoms with E-state index in [0.717, 1.165) is 0 Å². The number of methoxy groups -OCH3 is 2. The van der Waals surface area contributed by atoms with E-state index in [1.54, 1.807) is 18.2 Å². The smallest absolute Gasteiger partial charge is 0.204 e. The zero-order valence-electron chi connectivity index (χ0n) is 10.6. The van der Waals surface area contributed by atoms with Gasteiger partial charge < -0.3 is 18.7 Å². The average Bonchev–Trinajstić information content (AvgIpc) is 2.97. The summed E-state index contributed by atoms with van der Waals surface area (Å²) >= 11 is 0. The fourth-order valence-corrected chi connectivity index (χ4v) is 1.57. The molecule has 1 heterocycles. The van der Waals surface area contributed by atoms with Crippen molar-refractivity contribution in [1.82, 2.24) is 5.16 Å². The largest absolute Gasteiger partial charge is 0.493 e. The lowest BCUT2D eigenvalue weighted by Crippen LogP contribution is -2.00. The molecule has 0 radical (unpaired) electrons. The number of nitrogens with zero attached hydrogens (tertiary/aromatic N) is 1. The maximum Gasteiger partial charge on any atom is 0.204 e. The molecule has 0 fully saturated rings. The highest BCUT2D eigenvalue weighted by atomic mass is 16.5. The van der Waals surface area contributed by atoms with Crippen LogP contribution in [0.4, 0.5) is 0 Å². The summed E-state index contributed by atoms with van der Waals surface area (Å²) in [5, 5.41) is 3.58. The topological polar surface area (TPSA) is 70.8 Å². The Labute approximate surface area is 109 Å². The van der Waals surface area contributed by atoms with E-state index in [4.69, 9.17) is 18.7 Å². The molecule has 0 unspecified atom stereocenters. The molecule has 100 valence electrons. The second kappa shape index (κ2) is 5.90. The molecule has 0 bridgehead atoms. The van der Waals surface area contributed by atoms with Gasteiger partial charge in [0, 0.05) is 11.6 Å². The van der Waals surface area contributed by atoms with Crippen molar-refractivity contribution in [3.8, 4) is 17.2 Å². The number of carbonyl (C=O) groups is 1. The SMILES string of the molecule is COc1cc(C=O)cc(OC)c1OCc1ccno1. The van der Waals surface area contributed by atoms with E-state index in [0.29, 0.717) is 34.9 Å². The monoisotopic (exact) mass is 263 g/mol. The van der Waals surface area contributed by atoms with Crippen molar-refractivity contribution in [3.63, 3.8) is 0 Å². The maximum atomic E-state index is 10.8. The molecular formula is C13H13NO5. The lowest BCUT2D eigenvalue weighted by molar-refractivity contribution is 0.112. The Kier molecular flexibility index (Phi) is 4.02. The third-order valence-electron chi connectivity index (χ3n) is 2.47. The van der Waals surface area contributed by atoms with Crippen LogP contribution in [0.25, 0.3) is 0 Å². The van der Waals surface area contributed by atoms with Crippen molar-refractivity contribution in [3.05, 3.63) is 35.7 Å². The Morgan fingerprint density at radius 1 is 1.26 bits per heavy atom. The van der Waals surface area contributed by atoms with Crippen LogP contribution in [0, 0.1) is 0 Å². The molecule has 2 rings (SSSR count). The highest BCUT2D eigenvalue weighted by Gasteiger charge is 2.14. The number of hydrogen-bond donors (Lipinski definition) is 0. The number of aromatic nitrogens is 1. The van der Waals surface area contributed by atoms with Gasteiger partial charge in [0.15, 0.2) is 17.3 Å². The maximum absolute atomic E-state index is 10.8. The lowest BCUT2D eigenvalue weighted by Gasteiger charge is -2.14. The van der Waals surface area contributed by atoms with Crippen LogP contribution in [0.15, 0.2) is 28.9 Å². The normalized spacial score (nSPS) is 10.0. The molecular weight excluding hydrogens is 250 g/mol. The molecule has 0 aliphatic heterocycles. The van der Waals surface area contributed by atoms with Gasteiger partial charge in [-0.2, -0.15) is 0 Å². The summed E-state index contributed by atoms with van der Waals surface area (Å²) in [7, 11) is 2.98. The number of aldehydes is 1. The Morgan fingerprint density at radius 3 is 2.42 bits per heavy atom. The predicted octanol–water partition coefficient (Wildman–Crippen LogP) is 2.08. The summed E-state index contributed by atoms with van der Waals surface area (Å²) in [6.45, 7) is 0.188. The molecule has 6 heteroatoms. The van der Waals surface area contributed by atoms with E-state index in [9.17, 15) is 4.79 Å². The first-order valence-electron chi connectivity index (χ1n) is 5.52. The summed E-state index contributed by atoms with van der Waals surface area (Å²) in [5.41, 5.74) is 0.445. The van der Waals surface area contributed by atoms with Gasteiger partial charge in [0.2, 0.25) is 5.75 Å². The highest BCUT2D eigenvalue weighted by Crippen LogP contribution is 2.38. The number of rotatable bonds is 6. The van der Waals surface area contributed by atoms with E-state index in [1.165, 1.54) is 20.4 Å². The molecule has 19 heavy (non-hydrogen) atoms. The fourth-order valence-electron chi connectivity index (χ4n) is 1.57. The first-order chi connectivity index (χ1) is 9.28. The van der Waals surface area contributed by atoms with Gasteiger partial charge in [0.05, 0.1) is 20.4 Å². The van der Waals surface area contributed by atoms with Crippen LogP contribution in [-0.2, 0) is 6.61 Å². The Morgan fingerprint density at radius 2 is 1.95 bits per heavy atom.